The number of nitrogens with one attached hydrogen (secondary N) is 2. The Balaban J connectivity index is 1.24. The molecule has 0 aromatic heterocycles. The highest BCUT2D eigenvalue weighted by Crippen LogP contribution is 2.67. The number of morpholine rings is 2. The van der Waals surface area contributed by atoms with Crippen molar-refractivity contribution < 1.29 is 57.6 Å². The second kappa shape index (κ2) is 23.4. The highest BCUT2D eigenvalue weighted by atomic mass is 16.6. The number of carbonyl (C=O) groups excluding carboxylic acids is 6. The molecule has 4 heterocycles. The molecule has 6 aromatic carbocycles. The van der Waals surface area contributed by atoms with E-state index in [4.69, 9.17) is 23.7 Å². The molecule has 3 saturated heterocycles. The molecular weight excluding hydrogens is 1010 g/mol. The fraction of sp³-hybridized carbons (Fsp3) is 0.290. The summed E-state index contributed by atoms with van der Waals surface area (Å²) in [5.74, 6) is -0.910. The Labute approximate surface area is 457 Å². The lowest BCUT2D eigenvalue weighted by molar-refractivity contribution is -0.178. The van der Waals surface area contributed by atoms with Crippen LogP contribution in [-0.2, 0) is 48.3 Å². The Morgan fingerprint density at radius 3 is 2.06 bits per heavy atom. The first-order chi connectivity index (χ1) is 38.5. The van der Waals surface area contributed by atoms with Gasteiger partial charge in [0.2, 0.25) is 11.8 Å². The molecule has 0 bridgehead atoms. The SMILES string of the molecule is COC(=O)C(CC#Cc1ccc2c(c1)[C@]1(C(=O)N2C(=O)N[C@H](C)c2ccccc2)[C@H](c2ccccc2OCCO)N2[C@H](c3ccccc3)[C@H](c3ccccc3)OC(=O)[C@H]2[C@@H]1C(=O)Nc1ccc(N2CCOCC2)cc1)C(=O)OC. The number of imide groups is 1. The van der Waals surface area contributed by atoms with Crippen molar-refractivity contribution in [1.82, 2.24) is 10.2 Å². The van der Waals surface area contributed by atoms with Gasteiger partial charge in [-0.25, -0.2) is 9.69 Å². The van der Waals surface area contributed by atoms with Gasteiger partial charge < -0.3 is 44.3 Å². The van der Waals surface area contributed by atoms with E-state index < -0.39 is 83.3 Å². The molecule has 79 heavy (non-hydrogen) atoms. The second-order valence-corrected chi connectivity index (χ2v) is 19.6. The Kier molecular flexibility index (Phi) is 15.9. The largest absolute Gasteiger partial charge is 0.491 e. The molecule has 17 nitrogen and oxygen atoms in total. The number of cyclic esters (lactones) is 1. The summed E-state index contributed by atoms with van der Waals surface area (Å²) in [6.07, 6.45) is -1.31. The van der Waals surface area contributed by atoms with E-state index in [1.807, 2.05) is 108 Å². The maximum atomic E-state index is 17.0. The standard InChI is InChI=1S/C62H59N5O12/c1-39(41-17-7-4-8-18-41)63-61(74)66-49-31-26-40(16-15-24-47(57(70)75-2)58(71)76-3)38-48(49)62(60(66)73)51(56(69)64-44-27-29-45(30-28-44)65-32-35-77-36-33-65)53-59(72)79-54(43-21-11-6-12-22-43)52(42-19-9-5-10-20-42)67(53)55(62)46-23-13-14-25-50(46)78-37-34-68/h4-14,17-23,25-31,38-39,47,51-55,68H,24,32-37H2,1-3H3,(H,63,74)(H,64,69)/t39-,51-,52-,53-,54+,55+,62-/m1/s1. The number of aliphatic hydroxyl groups is 1. The first kappa shape index (κ1) is 53.6. The summed E-state index contributed by atoms with van der Waals surface area (Å²) >= 11 is 0. The molecule has 6 aromatic rings. The maximum Gasteiger partial charge on any atom is 0.329 e. The number of carbonyl (C=O) groups is 6. The lowest BCUT2D eigenvalue weighted by Gasteiger charge is -2.46. The first-order valence-corrected chi connectivity index (χ1v) is 26.1. The second-order valence-electron chi connectivity index (χ2n) is 19.6. The lowest BCUT2D eigenvalue weighted by atomic mass is 9.65. The fourth-order valence-electron chi connectivity index (χ4n) is 11.6. The third kappa shape index (κ3) is 10.2. The number of benzene rings is 6. The van der Waals surface area contributed by atoms with Gasteiger partial charge in [-0.1, -0.05) is 121 Å². The van der Waals surface area contributed by atoms with Crippen LogP contribution in [0.2, 0.25) is 0 Å². The van der Waals surface area contributed by atoms with Crippen LogP contribution in [0.3, 0.4) is 0 Å². The molecule has 3 fully saturated rings. The van der Waals surface area contributed by atoms with Gasteiger partial charge >= 0.3 is 23.9 Å². The number of methoxy groups -OCH3 is 2. The third-order valence-electron chi connectivity index (χ3n) is 15.2. The minimum absolute atomic E-state index is 0.103. The zero-order valence-corrected chi connectivity index (χ0v) is 43.8. The molecule has 17 heteroatoms. The van der Waals surface area contributed by atoms with Gasteiger partial charge in [0, 0.05) is 42.0 Å². The van der Waals surface area contributed by atoms with E-state index in [9.17, 15) is 14.7 Å². The Hall–Kier alpha value is -8.82. The van der Waals surface area contributed by atoms with Crippen LogP contribution in [0.1, 0.15) is 71.0 Å². The van der Waals surface area contributed by atoms with E-state index in [1.165, 1.54) is 0 Å². The quantitative estimate of drug-likeness (QED) is 0.0422. The molecule has 0 aliphatic carbocycles. The van der Waals surface area contributed by atoms with Gasteiger partial charge in [0.25, 0.3) is 0 Å². The Bertz CT molecular complexity index is 3280. The average Bonchev–Trinajstić information content (AvgIpc) is 4.11. The van der Waals surface area contributed by atoms with Crippen molar-refractivity contribution in [2.45, 2.75) is 49.0 Å². The fourth-order valence-corrected chi connectivity index (χ4v) is 11.6. The minimum atomic E-state index is -2.22. The van der Waals surface area contributed by atoms with Crippen LogP contribution in [0.5, 0.6) is 5.75 Å². The van der Waals surface area contributed by atoms with E-state index in [2.05, 4.69) is 27.4 Å². The number of fused-ring (bicyclic) bond motifs is 3. The van der Waals surface area contributed by atoms with Gasteiger partial charge in [0.15, 0.2) is 5.92 Å². The summed E-state index contributed by atoms with van der Waals surface area (Å²) in [6.45, 7) is 3.73. The summed E-state index contributed by atoms with van der Waals surface area (Å²) in [5.41, 5.74) is 2.03. The molecule has 3 N–H and O–H groups in total. The van der Waals surface area contributed by atoms with Crippen LogP contribution in [-0.4, -0.2) is 106 Å². The highest BCUT2D eigenvalue weighted by molar-refractivity contribution is 6.25. The number of anilines is 3. The number of urea groups is 1. The van der Waals surface area contributed by atoms with E-state index in [1.54, 1.807) is 61.5 Å². The van der Waals surface area contributed by atoms with Crippen LogP contribution in [0.15, 0.2) is 158 Å². The summed E-state index contributed by atoms with van der Waals surface area (Å²) < 4.78 is 28.4. The van der Waals surface area contributed by atoms with Gasteiger partial charge in [-0.05, 0) is 77.7 Å². The van der Waals surface area contributed by atoms with Crippen molar-refractivity contribution in [1.29, 1.82) is 0 Å². The third-order valence-corrected chi connectivity index (χ3v) is 15.2. The van der Waals surface area contributed by atoms with Gasteiger partial charge in [-0.2, -0.15) is 0 Å². The van der Waals surface area contributed by atoms with E-state index in [0.29, 0.717) is 48.7 Å². The molecule has 7 atom stereocenters. The van der Waals surface area contributed by atoms with Crippen LogP contribution < -0.4 is 25.2 Å². The maximum absolute atomic E-state index is 17.0. The molecule has 0 unspecified atom stereocenters. The van der Waals surface area contributed by atoms with Crippen LogP contribution in [0.4, 0.5) is 21.9 Å². The molecular formula is C62H59N5O12. The number of hydrogen-bond acceptors (Lipinski definition) is 14. The monoisotopic (exact) mass is 1070 g/mol. The van der Waals surface area contributed by atoms with Gasteiger partial charge in [0.05, 0.1) is 63.8 Å². The smallest absolute Gasteiger partial charge is 0.329 e. The molecule has 4 aliphatic heterocycles. The number of nitrogens with zero attached hydrogens (tertiary/aromatic N) is 3. The number of rotatable bonds is 14. The first-order valence-electron chi connectivity index (χ1n) is 26.1. The van der Waals surface area contributed by atoms with Gasteiger partial charge in [0.1, 0.15) is 29.9 Å². The summed E-state index contributed by atoms with van der Waals surface area (Å²) in [4.78, 5) is 95.0. The lowest BCUT2D eigenvalue weighted by Crippen LogP contribution is -2.55. The van der Waals surface area contributed by atoms with Crippen LogP contribution in [0, 0.1) is 23.7 Å². The highest BCUT2D eigenvalue weighted by Gasteiger charge is 2.76. The van der Waals surface area contributed by atoms with Gasteiger partial charge in [-0.3, -0.25) is 28.9 Å². The molecule has 0 saturated carbocycles. The van der Waals surface area contributed by atoms with Crippen molar-refractivity contribution in [3.8, 4) is 17.6 Å². The van der Waals surface area contributed by atoms with Crippen molar-refractivity contribution in [2.24, 2.45) is 11.8 Å². The summed E-state index contributed by atoms with van der Waals surface area (Å²) in [7, 11) is 2.30. The number of para-hydroxylation sites is 1. The predicted octanol–water partition coefficient (Wildman–Crippen LogP) is 7.37. The molecule has 4 amide bonds. The Morgan fingerprint density at radius 2 is 1.41 bits per heavy atom. The number of aliphatic hydroxyl groups excluding tert-OH is 1. The molecule has 404 valence electrons. The molecule has 0 radical (unpaired) electrons. The number of esters is 3. The Morgan fingerprint density at radius 1 is 0.772 bits per heavy atom. The van der Waals surface area contributed by atoms with E-state index in [-0.39, 0.29) is 42.2 Å². The van der Waals surface area contributed by atoms with E-state index in [0.717, 1.165) is 30.4 Å². The normalized spacial score (nSPS) is 21.7. The van der Waals surface area contributed by atoms with E-state index >= 15 is 19.2 Å². The topological polar surface area (TPSA) is 203 Å². The average molecular weight is 1070 g/mol. The van der Waals surface area contributed by atoms with Crippen molar-refractivity contribution in [3.05, 3.63) is 191 Å². The van der Waals surface area contributed by atoms with Crippen LogP contribution >= 0.6 is 0 Å². The van der Waals surface area contributed by atoms with Crippen molar-refractivity contribution >= 4 is 52.8 Å². The minimum Gasteiger partial charge on any atom is -0.491 e. The van der Waals surface area contributed by atoms with Crippen LogP contribution in [0.25, 0.3) is 0 Å². The number of amides is 4. The molecule has 4 aliphatic rings. The predicted molar refractivity (Wildman–Crippen MR) is 291 cm³/mol. The summed E-state index contributed by atoms with van der Waals surface area (Å²) in [6, 6.07) is 41.6. The zero-order chi connectivity index (χ0) is 55.2. The van der Waals surface area contributed by atoms with Crippen molar-refractivity contribution in [2.75, 3.05) is 68.9 Å². The van der Waals surface area contributed by atoms with Gasteiger partial charge in [-0.15, -0.1) is 0 Å². The zero-order valence-electron chi connectivity index (χ0n) is 43.8. The summed E-state index contributed by atoms with van der Waals surface area (Å²) in [5, 5.41) is 16.4. The molecule has 1 spiro atoms. The number of hydrogen-bond donors (Lipinski definition) is 3. The number of ether oxygens (including phenoxy) is 5. The molecule has 10 rings (SSSR count). The van der Waals surface area contributed by atoms with Crippen molar-refractivity contribution in [3.63, 3.8) is 0 Å².